The Morgan fingerprint density at radius 3 is 2.65 bits per heavy atom. The molecule has 0 atom stereocenters. The van der Waals surface area contributed by atoms with Crippen LogP contribution in [0.3, 0.4) is 0 Å². The van der Waals surface area contributed by atoms with Crippen LogP contribution in [0.15, 0.2) is 29.4 Å². The number of nitrogens with zero attached hydrogens (tertiary/aromatic N) is 1. The third-order valence-corrected chi connectivity index (χ3v) is 2.42. The molecule has 1 aromatic carbocycles. The van der Waals surface area contributed by atoms with Gasteiger partial charge in [-0.1, -0.05) is 0 Å². The van der Waals surface area contributed by atoms with E-state index in [4.69, 9.17) is 20.1 Å². The quantitative estimate of drug-likeness (QED) is 0.472. The lowest BCUT2D eigenvalue weighted by atomic mass is 10.2. The molecule has 2 N–H and O–H groups in total. The van der Waals surface area contributed by atoms with Crippen molar-refractivity contribution < 1.29 is 14.2 Å². The minimum absolute atomic E-state index is 0.112. The van der Waals surface area contributed by atoms with Crippen LogP contribution in [0.1, 0.15) is 12.0 Å². The van der Waals surface area contributed by atoms with Crippen LogP contribution in [0.5, 0.6) is 5.75 Å². The molecule has 1 aromatic rings. The Bertz CT molecular complexity index is 359. The van der Waals surface area contributed by atoms with Crippen LogP contribution in [0.2, 0.25) is 0 Å². The van der Waals surface area contributed by atoms with Crippen LogP contribution in [0.25, 0.3) is 0 Å². The molecule has 0 spiro atoms. The SMILES string of the molecule is NN=Cc1ccc(OCCC2OCCO2)cc1. The van der Waals surface area contributed by atoms with Gasteiger partial charge in [0, 0.05) is 6.42 Å². The predicted molar refractivity (Wildman–Crippen MR) is 64.0 cm³/mol. The zero-order valence-corrected chi connectivity index (χ0v) is 9.54. The maximum absolute atomic E-state index is 5.57. The van der Waals surface area contributed by atoms with Crippen LogP contribution in [0.4, 0.5) is 0 Å². The van der Waals surface area contributed by atoms with Gasteiger partial charge in [0.2, 0.25) is 0 Å². The maximum Gasteiger partial charge on any atom is 0.161 e. The number of hydrogen-bond acceptors (Lipinski definition) is 5. The number of ether oxygens (including phenoxy) is 3. The Hall–Kier alpha value is -1.59. The van der Waals surface area contributed by atoms with E-state index in [1.165, 1.54) is 0 Å². The molecule has 0 radical (unpaired) electrons. The van der Waals surface area contributed by atoms with Crippen LogP contribution >= 0.6 is 0 Å². The second-order valence-electron chi connectivity index (χ2n) is 3.66. The monoisotopic (exact) mass is 236 g/mol. The van der Waals surface area contributed by atoms with E-state index in [-0.39, 0.29) is 6.29 Å². The summed E-state index contributed by atoms with van der Waals surface area (Å²) in [6.45, 7) is 1.94. The fourth-order valence-electron chi connectivity index (χ4n) is 1.58. The molecule has 1 fully saturated rings. The zero-order valence-electron chi connectivity index (χ0n) is 9.54. The topological polar surface area (TPSA) is 66.1 Å². The van der Waals surface area contributed by atoms with Gasteiger partial charge in [-0.05, 0) is 29.8 Å². The van der Waals surface area contributed by atoms with Crippen molar-refractivity contribution in [3.05, 3.63) is 29.8 Å². The van der Waals surface area contributed by atoms with Crippen molar-refractivity contribution in [3.8, 4) is 5.75 Å². The lowest BCUT2D eigenvalue weighted by molar-refractivity contribution is -0.0531. The molecule has 0 saturated carbocycles. The highest BCUT2D eigenvalue weighted by Gasteiger charge is 2.15. The molecule has 17 heavy (non-hydrogen) atoms. The van der Waals surface area contributed by atoms with Gasteiger partial charge in [0.1, 0.15) is 5.75 Å². The highest BCUT2D eigenvalue weighted by atomic mass is 16.7. The van der Waals surface area contributed by atoms with Gasteiger partial charge >= 0.3 is 0 Å². The van der Waals surface area contributed by atoms with E-state index in [1.54, 1.807) is 6.21 Å². The van der Waals surface area contributed by atoms with E-state index >= 15 is 0 Å². The summed E-state index contributed by atoms with van der Waals surface area (Å²) in [6.07, 6.45) is 2.22. The molecular formula is C12H16N2O3. The molecule has 5 nitrogen and oxygen atoms in total. The van der Waals surface area contributed by atoms with E-state index in [0.717, 1.165) is 17.7 Å². The maximum atomic E-state index is 5.57. The minimum atomic E-state index is -0.112. The molecule has 5 heteroatoms. The van der Waals surface area contributed by atoms with E-state index in [0.29, 0.717) is 19.8 Å². The normalized spacial score (nSPS) is 16.7. The zero-order chi connectivity index (χ0) is 11.9. The highest BCUT2D eigenvalue weighted by Crippen LogP contribution is 2.13. The van der Waals surface area contributed by atoms with Gasteiger partial charge in [0.15, 0.2) is 6.29 Å². The summed E-state index contributed by atoms with van der Waals surface area (Å²) < 4.78 is 16.2. The lowest BCUT2D eigenvalue weighted by Gasteiger charge is -2.10. The Morgan fingerprint density at radius 1 is 1.29 bits per heavy atom. The summed E-state index contributed by atoms with van der Waals surface area (Å²) in [5.41, 5.74) is 0.947. The van der Waals surface area contributed by atoms with Crippen LogP contribution < -0.4 is 10.6 Å². The summed E-state index contributed by atoms with van der Waals surface area (Å²) in [7, 11) is 0. The van der Waals surface area contributed by atoms with Gasteiger partial charge in [0.05, 0.1) is 26.0 Å². The first-order valence-corrected chi connectivity index (χ1v) is 5.58. The standard InChI is InChI=1S/C12H16N2O3/c13-14-9-10-1-3-11(4-2-10)15-6-5-12-16-7-8-17-12/h1-4,9,12H,5-8,13H2. The Balaban J connectivity index is 1.74. The number of nitrogens with two attached hydrogens (primary N) is 1. The summed E-state index contributed by atoms with van der Waals surface area (Å²) >= 11 is 0. The van der Waals surface area contributed by atoms with Gasteiger partial charge in [-0.3, -0.25) is 0 Å². The third kappa shape index (κ3) is 3.72. The highest BCUT2D eigenvalue weighted by molar-refractivity contribution is 5.79. The second-order valence-corrected chi connectivity index (χ2v) is 3.66. The number of benzene rings is 1. The molecule has 0 aromatic heterocycles. The third-order valence-electron chi connectivity index (χ3n) is 2.42. The fraction of sp³-hybridized carbons (Fsp3) is 0.417. The largest absolute Gasteiger partial charge is 0.493 e. The molecule has 0 amide bonds. The first-order valence-electron chi connectivity index (χ1n) is 5.58. The summed E-state index contributed by atoms with van der Waals surface area (Å²) in [6, 6.07) is 7.56. The van der Waals surface area contributed by atoms with Gasteiger partial charge in [-0.15, -0.1) is 0 Å². The number of rotatable bonds is 5. The minimum Gasteiger partial charge on any atom is -0.493 e. The van der Waals surface area contributed by atoms with Crippen molar-refractivity contribution in [3.63, 3.8) is 0 Å². The van der Waals surface area contributed by atoms with E-state index in [9.17, 15) is 0 Å². The molecule has 0 bridgehead atoms. The van der Waals surface area contributed by atoms with Gasteiger partial charge in [0.25, 0.3) is 0 Å². The second kappa shape index (κ2) is 6.22. The lowest BCUT2D eigenvalue weighted by Crippen LogP contribution is -2.12. The van der Waals surface area contributed by atoms with Crippen molar-refractivity contribution >= 4 is 6.21 Å². The average Bonchev–Trinajstić information content (AvgIpc) is 2.85. The van der Waals surface area contributed by atoms with Gasteiger partial charge < -0.3 is 20.1 Å². The molecular weight excluding hydrogens is 220 g/mol. The van der Waals surface area contributed by atoms with Crippen molar-refractivity contribution in [1.82, 2.24) is 0 Å². The number of hydrazone groups is 1. The molecule has 92 valence electrons. The molecule has 1 aliphatic heterocycles. The van der Waals surface area contributed by atoms with Crippen LogP contribution in [0, 0.1) is 0 Å². The first-order chi connectivity index (χ1) is 8.38. The van der Waals surface area contributed by atoms with Crippen molar-refractivity contribution in [2.75, 3.05) is 19.8 Å². The molecule has 1 heterocycles. The Kier molecular flexibility index (Phi) is 4.35. The summed E-state index contributed by atoms with van der Waals surface area (Å²) in [4.78, 5) is 0. The van der Waals surface area contributed by atoms with Crippen LogP contribution in [-0.4, -0.2) is 32.3 Å². The van der Waals surface area contributed by atoms with Crippen LogP contribution in [-0.2, 0) is 9.47 Å². The van der Waals surface area contributed by atoms with Gasteiger partial charge in [-0.2, -0.15) is 5.10 Å². The Labute approximate surface area is 100 Å². The molecule has 0 unspecified atom stereocenters. The first kappa shape index (κ1) is 11.9. The predicted octanol–water partition coefficient (Wildman–Crippen LogP) is 1.12. The molecule has 0 aliphatic carbocycles. The molecule has 1 aliphatic rings. The number of hydrogen-bond donors (Lipinski definition) is 1. The fourth-order valence-corrected chi connectivity index (χ4v) is 1.58. The van der Waals surface area contributed by atoms with E-state index < -0.39 is 0 Å². The summed E-state index contributed by atoms with van der Waals surface area (Å²) in [5.74, 6) is 5.88. The summed E-state index contributed by atoms with van der Waals surface area (Å²) in [5, 5.41) is 3.45. The smallest absolute Gasteiger partial charge is 0.161 e. The van der Waals surface area contributed by atoms with Crippen molar-refractivity contribution in [1.29, 1.82) is 0 Å². The van der Waals surface area contributed by atoms with E-state index in [2.05, 4.69) is 5.10 Å². The van der Waals surface area contributed by atoms with Gasteiger partial charge in [-0.25, -0.2) is 0 Å². The molecule has 2 rings (SSSR count). The van der Waals surface area contributed by atoms with E-state index in [1.807, 2.05) is 24.3 Å². The van der Waals surface area contributed by atoms with Crippen molar-refractivity contribution in [2.45, 2.75) is 12.7 Å². The Morgan fingerprint density at radius 2 is 2.00 bits per heavy atom. The average molecular weight is 236 g/mol. The molecule has 1 saturated heterocycles. The van der Waals surface area contributed by atoms with Crippen molar-refractivity contribution in [2.24, 2.45) is 10.9 Å².